The molecule has 1 saturated heterocycles. The normalized spacial score (nSPS) is 14.5. The lowest BCUT2D eigenvalue weighted by Crippen LogP contribution is -2.49. The standard InChI is InChI=1S/C29H33N3O3/c1-4-25(23-12-6-5-7-13-23)28(33)30-24-14-15-27(35-3)26(19-24)32-17-9-16-31(29(32)34)20-22-11-8-10-21(2)18-22/h5-8,10-15,18-19,25H,4,9,16-17,20H2,1-3H3,(H,30,33)/t25-/m0/s1. The molecule has 35 heavy (non-hydrogen) atoms. The van der Waals surface area contributed by atoms with Crippen LogP contribution in [0.25, 0.3) is 0 Å². The minimum atomic E-state index is -0.247. The number of amides is 3. The van der Waals surface area contributed by atoms with E-state index in [0.29, 0.717) is 43.2 Å². The number of benzene rings is 3. The Morgan fingerprint density at radius 2 is 1.83 bits per heavy atom. The largest absolute Gasteiger partial charge is 0.495 e. The van der Waals surface area contributed by atoms with Crippen molar-refractivity contribution in [2.24, 2.45) is 0 Å². The van der Waals surface area contributed by atoms with Crippen LogP contribution in [0.2, 0.25) is 0 Å². The van der Waals surface area contributed by atoms with E-state index in [0.717, 1.165) is 17.5 Å². The van der Waals surface area contributed by atoms with Gasteiger partial charge in [0.05, 0.1) is 18.7 Å². The quantitative estimate of drug-likeness (QED) is 0.440. The fourth-order valence-electron chi connectivity index (χ4n) is 4.65. The molecule has 6 heteroatoms. The van der Waals surface area contributed by atoms with E-state index in [-0.39, 0.29) is 17.9 Å². The Hall–Kier alpha value is -3.80. The Labute approximate surface area is 207 Å². The molecule has 6 nitrogen and oxygen atoms in total. The minimum Gasteiger partial charge on any atom is -0.495 e. The molecule has 1 atom stereocenters. The van der Waals surface area contributed by atoms with Crippen LogP contribution < -0.4 is 15.0 Å². The number of nitrogens with one attached hydrogen (secondary N) is 1. The summed E-state index contributed by atoms with van der Waals surface area (Å²) in [5.74, 6) is 0.285. The Balaban J connectivity index is 1.55. The maximum absolute atomic E-state index is 13.5. The van der Waals surface area contributed by atoms with Crippen molar-refractivity contribution in [3.05, 3.63) is 89.5 Å². The second kappa shape index (κ2) is 11.1. The zero-order valence-corrected chi connectivity index (χ0v) is 20.7. The van der Waals surface area contributed by atoms with Gasteiger partial charge in [-0.15, -0.1) is 0 Å². The highest BCUT2D eigenvalue weighted by molar-refractivity contribution is 5.98. The molecule has 0 saturated carbocycles. The number of hydrogen-bond acceptors (Lipinski definition) is 3. The van der Waals surface area contributed by atoms with Gasteiger partial charge >= 0.3 is 6.03 Å². The van der Waals surface area contributed by atoms with Crippen LogP contribution in [0.5, 0.6) is 5.75 Å². The van der Waals surface area contributed by atoms with Gasteiger partial charge in [0.25, 0.3) is 0 Å². The topological polar surface area (TPSA) is 61.9 Å². The number of rotatable bonds is 8. The van der Waals surface area contributed by atoms with E-state index in [1.807, 2.05) is 66.4 Å². The Morgan fingerprint density at radius 1 is 1.03 bits per heavy atom. The molecule has 1 heterocycles. The van der Waals surface area contributed by atoms with Crippen molar-refractivity contribution >= 4 is 23.3 Å². The molecule has 1 fully saturated rings. The van der Waals surface area contributed by atoms with Crippen molar-refractivity contribution in [1.29, 1.82) is 0 Å². The van der Waals surface area contributed by atoms with Crippen LogP contribution in [0.4, 0.5) is 16.2 Å². The molecule has 3 amide bonds. The first-order valence-corrected chi connectivity index (χ1v) is 12.2. The van der Waals surface area contributed by atoms with Gasteiger partial charge in [-0.25, -0.2) is 4.79 Å². The van der Waals surface area contributed by atoms with E-state index in [4.69, 9.17) is 4.74 Å². The fourth-order valence-corrected chi connectivity index (χ4v) is 4.65. The van der Waals surface area contributed by atoms with Gasteiger partial charge in [-0.05, 0) is 49.1 Å². The minimum absolute atomic E-state index is 0.0600. The molecule has 182 valence electrons. The molecule has 0 radical (unpaired) electrons. The van der Waals surface area contributed by atoms with E-state index in [1.54, 1.807) is 18.1 Å². The highest BCUT2D eigenvalue weighted by Gasteiger charge is 2.29. The van der Waals surface area contributed by atoms with Crippen molar-refractivity contribution in [3.63, 3.8) is 0 Å². The third-order valence-corrected chi connectivity index (χ3v) is 6.43. The second-order valence-corrected chi connectivity index (χ2v) is 8.95. The van der Waals surface area contributed by atoms with Crippen molar-refractivity contribution < 1.29 is 14.3 Å². The highest BCUT2D eigenvalue weighted by Crippen LogP contribution is 2.34. The molecule has 0 aromatic heterocycles. The number of nitrogens with zero attached hydrogens (tertiary/aromatic N) is 2. The summed E-state index contributed by atoms with van der Waals surface area (Å²) in [6.07, 6.45) is 1.54. The first-order chi connectivity index (χ1) is 17.0. The molecule has 3 aromatic carbocycles. The van der Waals surface area contributed by atoms with Crippen LogP contribution >= 0.6 is 0 Å². The zero-order chi connectivity index (χ0) is 24.8. The lowest BCUT2D eigenvalue weighted by atomic mass is 9.95. The van der Waals surface area contributed by atoms with Crippen LogP contribution in [0.1, 0.15) is 42.4 Å². The second-order valence-electron chi connectivity index (χ2n) is 8.95. The van der Waals surface area contributed by atoms with Gasteiger partial charge in [-0.2, -0.15) is 0 Å². The Kier molecular flexibility index (Phi) is 7.70. The van der Waals surface area contributed by atoms with Crippen molar-refractivity contribution in [1.82, 2.24) is 4.90 Å². The van der Waals surface area contributed by atoms with E-state index in [1.165, 1.54) is 5.56 Å². The van der Waals surface area contributed by atoms with Gasteiger partial charge in [0.1, 0.15) is 5.75 Å². The molecular formula is C29H33N3O3. The highest BCUT2D eigenvalue weighted by atomic mass is 16.5. The maximum Gasteiger partial charge on any atom is 0.324 e. The average Bonchev–Trinajstić information content (AvgIpc) is 2.86. The van der Waals surface area contributed by atoms with Crippen LogP contribution in [0.3, 0.4) is 0 Å². The molecule has 0 unspecified atom stereocenters. The summed E-state index contributed by atoms with van der Waals surface area (Å²) in [7, 11) is 1.60. The summed E-state index contributed by atoms with van der Waals surface area (Å²) in [5.41, 5.74) is 4.58. The van der Waals surface area contributed by atoms with Gasteiger partial charge < -0.3 is 15.0 Å². The zero-order valence-electron chi connectivity index (χ0n) is 20.7. The van der Waals surface area contributed by atoms with Crippen LogP contribution in [0.15, 0.2) is 72.8 Å². The summed E-state index contributed by atoms with van der Waals surface area (Å²) in [5, 5.41) is 3.05. The molecule has 0 aliphatic carbocycles. The van der Waals surface area contributed by atoms with Gasteiger partial charge in [0, 0.05) is 25.3 Å². The summed E-state index contributed by atoms with van der Waals surface area (Å²) in [4.78, 5) is 30.2. The first kappa shape index (κ1) is 24.3. The molecule has 4 rings (SSSR count). The number of carbonyl (C=O) groups is 2. The number of hydrogen-bond donors (Lipinski definition) is 1. The number of anilines is 2. The van der Waals surface area contributed by atoms with Crippen LogP contribution in [-0.4, -0.2) is 37.0 Å². The lowest BCUT2D eigenvalue weighted by Gasteiger charge is -2.36. The third-order valence-electron chi connectivity index (χ3n) is 6.43. The van der Waals surface area contributed by atoms with Crippen LogP contribution in [-0.2, 0) is 11.3 Å². The Bertz CT molecular complexity index is 1180. The first-order valence-electron chi connectivity index (χ1n) is 12.2. The number of ether oxygens (including phenoxy) is 1. The molecule has 1 aliphatic heterocycles. The predicted molar refractivity (Wildman–Crippen MR) is 140 cm³/mol. The fraction of sp³-hybridized carbons (Fsp3) is 0.310. The van der Waals surface area contributed by atoms with E-state index >= 15 is 0 Å². The number of urea groups is 1. The average molecular weight is 472 g/mol. The molecular weight excluding hydrogens is 438 g/mol. The van der Waals surface area contributed by atoms with Gasteiger partial charge in [-0.3, -0.25) is 9.69 Å². The lowest BCUT2D eigenvalue weighted by molar-refractivity contribution is -0.117. The van der Waals surface area contributed by atoms with Crippen molar-refractivity contribution in [2.75, 3.05) is 30.4 Å². The molecule has 1 aliphatic rings. The Morgan fingerprint density at radius 3 is 2.54 bits per heavy atom. The number of methoxy groups -OCH3 is 1. The van der Waals surface area contributed by atoms with Gasteiger partial charge in [0.2, 0.25) is 5.91 Å². The predicted octanol–water partition coefficient (Wildman–Crippen LogP) is 5.97. The summed E-state index contributed by atoms with van der Waals surface area (Å²) >= 11 is 0. The monoisotopic (exact) mass is 471 g/mol. The third kappa shape index (κ3) is 5.65. The van der Waals surface area contributed by atoms with E-state index < -0.39 is 0 Å². The molecule has 0 bridgehead atoms. The maximum atomic E-state index is 13.5. The number of aryl methyl sites for hydroxylation is 1. The molecule has 0 spiro atoms. The molecule has 3 aromatic rings. The SMILES string of the molecule is CC[C@H](C(=O)Nc1ccc(OC)c(N2CCCN(Cc3cccc(C)c3)C2=O)c1)c1ccccc1. The van der Waals surface area contributed by atoms with E-state index in [2.05, 4.69) is 24.4 Å². The van der Waals surface area contributed by atoms with E-state index in [9.17, 15) is 9.59 Å². The van der Waals surface area contributed by atoms with Gasteiger partial charge in [0.15, 0.2) is 0 Å². The summed E-state index contributed by atoms with van der Waals surface area (Å²) in [6, 6.07) is 23.4. The summed E-state index contributed by atoms with van der Waals surface area (Å²) < 4.78 is 5.59. The van der Waals surface area contributed by atoms with Crippen LogP contribution in [0, 0.1) is 6.92 Å². The van der Waals surface area contributed by atoms with Crippen molar-refractivity contribution in [3.8, 4) is 5.75 Å². The summed E-state index contributed by atoms with van der Waals surface area (Å²) in [6.45, 7) is 5.92. The van der Waals surface area contributed by atoms with Gasteiger partial charge in [-0.1, -0.05) is 67.1 Å². The smallest absolute Gasteiger partial charge is 0.324 e. The molecule has 1 N–H and O–H groups in total. The number of carbonyl (C=O) groups excluding carboxylic acids is 2. The van der Waals surface area contributed by atoms with Crippen molar-refractivity contribution in [2.45, 2.75) is 39.2 Å².